The summed E-state index contributed by atoms with van der Waals surface area (Å²) in [6.07, 6.45) is 2.85. The van der Waals surface area contributed by atoms with Gasteiger partial charge in [-0.2, -0.15) is 0 Å². The van der Waals surface area contributed by atoms with E-state index >= 15 is 0 Å². The van der Waals surface area contributed by atoms with Crippen molar-refractivity contribution < 1.29 is 4.79 Å². The van der Waals surface area contributed by atoms with Crippen LogP contribution in [-0.2, 0) is 4.79 Å². The van der Waals surface area contributed by atoms with Crippen molar-refractivity contribution in [2.24, 2.45) is 5.92 Å². The zero-order chi connectivity index (χ0) is 13.7. The topological polar surface area (TPSA) is 41.1 Å². The Hall–Kier alpha value is -1.35. The fourth-order valence-corrected chi connectivity index (χ4v) is 2.76. The zero-order valence-electron chi connectivity index (χ0n) is 11.9. The summed E-state index contributed by atoms with van der Waals surface area (Å²) in [5.74, 6) is 0.849. The van der Waals surface area contributed by atoms with Gasteiger partial charge in [-0.05, 0) is 56.8 Å². The van der Waals surface area contributed by atoms with Crippen LogP contribution in [-0.4, -0.2) is 19.0 Å². The summed E-state index contributed by atoms with van der Waals surface area (Å²) in [6.45, 7) is 6.31. The monoisotopic (exact) mass is 260 g/mol. The van der Waals surface area contributed by atoms with Gasteiger partial charge < -0.3 is 10.6 Å². The molecule has 1 aliphatic heterocycles. The number of rotatable bonds is 5. The number of hydrogen-bond donors (Lipinski definition) is 2. The van der Waals surface area contributed by atoms with Crippen molar-refractivity contribution >= 4 is 5.91 Å². The van der Waals surface area contributed by atoms with Gasteiger partial charge in [0.25, 0.3) is 0 Å². The van der Waals surface area contributed by atoms with Crippen molar-refractivity contribution in [3.63, 3.8) is 0 Å². The second-order valence-corrected chi connectivity index (χ2v) is 5.54. The van der Waals surface area contributed by atoms with E-state index in [2.05, 4.69) is 36.6 Å². The van der Waals surface area contributed by atoms with Crippen LogP contribution >= 0.6 is 0 Å². The van der Waals surface area contributed by atoms with Gasteiger partial charge in [-0.25, -0.2) is 0 Å². The standard InChI is InChI=1S/C16H24N2O/c1-12-5-3-4-6-15(12)13(2)18-16(19)8-7-14-9-10-17-11-14/h3-6,13-14,17H,7-11H2,1-2H3,(H,18,19). The number of aryl methyl sites for hydroxylation is 1. The van der Waals surface area contributed by atoms with Crippen molar-refractivity contribution in [2.45, 2.75) is 39.2 Å². The van der Waals surface area contributed by atoms with Gasteiger partial charge in [0.1, 0.15) is 0 Å². The molecule has 2 atom stereocenters. The molecule has 0 saturated carbocycles. The van der Waals surface area contributed by atoms with Crippen LogP contribution in [0.4, 0.5) is 0 Å². The van der Waals surface area contributed by atoms with Crippen LogP contribution in [0.25, 0.3) is 0 Å². The highest BCUT2D eigenvalue weighted by molar-refractivity contribution is 5.76. The third-order valence-electron chi connectivity index (χ3n) is 3.97. The summed E-state index contributed by atoms with van der Waals surface area (Å²) in [5, 5.41) is 6.44. The van der Waals surface area contributed by atoms with Crippen molar-refractivity contribution in [3.8, 4) is 0 Å². The molecule has 3 heteroatoms. The maximum absolute atomic E-state index is 12.0. The lowest BCUT2D eigenvalue weighted by Crippen LogP contribution is -2.27. The van der Waals surface area contributed by atoms with E-state index < -0.39 is 0 Å². The summed E-state index contributed by atoms with van der Waals surface area (Å²) in [5.41, 5.74) is 2.44. The molecule has 1 saturated heterocycles. The molecule has 1 aromatic carbocycles. The van der Waals surface area contributed by atoms with Gasteiger partial charge in [0, 0.05) is 6.42 Å². The first-order valence-corrected chi connectivity index (χ1v) is 7.22. The first-order valence-electron chi connectivity index (χ1n) is 7.22. The van der Waals surface area contributed by atoms with Crippen LogP contribution in [0.1, 0.15) is 43.4 Å². The number of hydrogen-bond acceptors (Lipinski definition) is 2. The van der Waals surface area contributed by atoms with Crippen LogP contribution in [0.2, 0.25) is 0 Å². The van der Waals surface area contributed by atoms with E-state index in [0.29, 0.717) is 12.3 Å². The quantitative estimate of drug-likeness (QED) is 0.854. The molecule has 1 aliphatic rings. The normalized spacial score (nSPS) is 20.2. The number of nitrogens with one attached hydrogen (secondary N) is 2. The molecule has 0 bridgehead atoms. The van der Waals surface area contributed by atoms with Gasteiger partial charge in [-0.15, -0.1) is 0 Å². The van der Waals surface area contributed by atoms with Crippen LogP contribution in [0.5, 0.6) is 0 Å². The van der Waals surface area contributed by atoms with Crippen LogP contribution in [0, 0.1) is 12.8 Å². The maximum Gasteiger partial charge on any atom is 0.220 e. The summed E-state index contributed by atoms with van der Waals surface area (Å²) < 4.78 is 0. The smallest absolute Gasteiger partial charge is 0.220 e. The lowest BCUT2D eigenvalue weighted by atomic mass is 10.0. The largest absolute Gasteiger partial charge is 0.350 e. The van der Waals surface area contributed by atoms with Gasteiger partial charge in [-0.1, -0.05) is 24.3 Å². The number of carbonyl (C=O) groups is 1. The highest BCUT2D eigenvalue weighted by atomic mass is 16.1. The van der Waals surface area contributed by atoms with Gasteiger partial charge in [0.15, 0.2) is 0 Å². The molecule has 1 heterocycles. The second-order valence-electron chi connectivity index (χ2n) is 5.54. The first kappa shape index (κ1) is 14.1. The van der Waals surface area contributed by atoms with Crippen molar-refractivity contribution in [1.29, 1.82) is 0 Å². The Bertz CT molecular complexity index is 425. The first-order chi connectivity index (χ1) is 9.16. The molecule has 0 aliphatic carbocycles. The third kappa shape index (κ3) is 4.06. The predicted octanol–water partition coefficient (Wildman–Crippen LogP) is 2.56. The van der Waals surface area contributed by atoms with Gasteiger partial charge in [0.2, 0.25) is 5.91 Å². The highest BCUT2D eigenvalue weighted by Crippen LogP contribution is 2.18. The SMILES string of the molecule is Cc1ccccc1C(C)NC(=O)CCC1CCNC1. The third-order valence-corrected chi connectivity index (χ3v) is 3.97. The summed E-state index contributed by atoms with van der Waals surface area (Å²) in [4.78, 5) is 12.0. The Morgan fingerprint density at radius 1 is 1.47 bits per heavy atom. The molecule has 19 heavy (non-hydrogen) atoms. The van der Waals surface area contributed by atoms with E-state index in [1.165, 1.54) is 17.5 Å². The Morgan fingerprint density at radius 2 is 2.26 bits per heavy atom. The molecule has 3 nitrogen and oxygen atoms in total. The molecule has 1 amide bonds. The Balaban J connectivity index is 1.79. The zero-order valence-corrected chi connectivity index (χ0v) is 11.9. The maximum atomic E-state index is 12.0. The molecule has 0 radical (unpaired) electrons. The van der Waals surface area contributed by atoms with Crippen molar-refractivity contribution in [2.75, 3.05) is 13.1 Å². The number of carbonyl (C=O) groups excluding carboxylic acids is 1. The molecule has 104 valence electrons. The molecular formula is C16H24N2O. The van der Waals surface area contributed by atoms with Gasteiger partial charge in [-0.3, -0.25) is 4.79 Å². The Kier molecular flexibility index (Phi) is 4.97. The number of amides is 1. The molecule has 2 N–H and O–H groups in total. The minimum atomic E-state index is 0.0930. The summed E-state index contributed by atoms with van der Waals surface area (Å²) in [6, 6.07) is 8.31. The number of benzene rings is 1. The average molecular weight is 260 g/mol. The molecule has 1 aromatic rings. The fraction of sp³-hybridized carbons (Fsp3) is 0.562. The lowest BCUT2D eigenvalue weighted by molar-refractivity contribution is -0.122. The van der Waals surface area contributed by atoms with Gasteiger partial charge in [0.05, 0.1) is 6.04 Å². The van der Waals surface area contributed by atoms with Crippen LogP contribution in [0.15, 0.2) is 24.3 Å². The van der Waals surface area contributed by atoms with E-state index in [1.807, 2.05) is 12.1 Å². The summed E-state index contributed by atoms with van der Waals surface area (Å²) in [7, 11) is 0. The molecule has 0 spiro atoms. The van der Waals surface area contributed by atoms with E-state index in [-0.39, 0.29) is 11.9 Å². The summed E-state index contributed by atoms with van der Waals surface area (Å²) >= 11 is 0. The van der Waals surface area contributed by atoms with Crippen molar-refractivity contribution in [3.05, 3.63) is 35.4 Å². The minimum Gasteiger partial charge on any atom is -0.350 e. The molecule has 0 aromatic heterocycles. The average Bonchev–Trinajstić information content (AvgIpc) is 2.90. The van der Waals surface area contributed by atoms with Crippen LogP contribution in [0.3, 0.4) is 0 Å². The van der Waals surface area contributed by atoms with Crippen LogP contribution < -0.4 is 10.6 Å². The Labute approximate surface area is 115 Å². The fourth-order valence-electron chi connectivity index (χ4n) is 2.76. The van der Waals surface area contributed by atoms with Gasteiger partial charge >= 0.3 is 0 Å². The molecule has 2 rings (SSSR count). The van der Waals surface area contributed by atoms with E-state index in [1.54, 1.807) is 0 Å². The molecular weight excluding hydrogens is 236 g/mol. The van der Waals surface area contributed by atoms with E-state index in [4.69, 9.17) is 0 Å². The van der Waals surface area contributed by atoms with E-state index in [0.717, 1.165) is 19.5 Å². The van der Waals surface area contributed by atoms with E-state index in [9.17, 15) is 4.79 Å². The molecule has 1 fully saturated rings. The Morgan fingerprint density at radius 3 is 2.95 bits per heavy atom. The highest BCUT2D eigenvalue weighted by Gasteiger charge is 2.17. The van der Waals surface area contributed by atoms with Crippen molar-refractivity contribution in [1.82, 2.24) is 10.6 Å². The second kappa shape index (κ2) is 6.71. The predicted molar refractivity (Wildman–Crippen MR) is 77.9 cm³/mol. The lowest BCUT2D eigenvalue weighted by Gasteiger charge is -2.17. The molecule has 2 unspecified atom stereocenters. The minimum absolute atomic E-state index is 0.0930.